The van der Waals surface area contributed by atoms with Crippen LogP contribution in [0.3, 0.4) is 0 Å². The molecule has 0 saturated heterocycles. The summed E-state index contributed by atoms with van der Waals surface area (Å²) in [5.74, 6) is 0. The van der Waals surface area contributed by atoms with Crippen molar-refractivity contribution in [2.24, 2.45) is 4.99 Å². The van der Waals surface area contributed by atoms with Gasteiger partial charge >= 0.3 is 0 Å². The highest BCUT2D eigenvalue weighted by Crippen LogP contribution is 2.06. The molecule has 13 heavy (non-hydrogen) atoms. The van der Waals surface area contributed by atoms with Gasteiger partial charge in [0.05, 0.1) is 0 Å². The first-order valence-corrected chi connectivity index (χ1v) is 4.37. The van der Waals surface area contributed by atoms with Gasteiger partial charge in [-0.2, -0.15) is 0 Å². The highest BCUT2D eigenvalue weighted by Gasteiger charge is 1.89. The molecule has 0 radical (unpaired) electrons. The summed E-state index contributed by atoms with van der Waals surface area (Å²) in [4.78, 5) is 7.60. The lowest BCUT2D eigenvalue weighted by Gasteiger charge is -1.95. The Morgan fingerprint density at radius 2 is 2.15 bits per heavy atom. The monoisotopic (exact) mass is 176 g/mol. The Morgan fingerprint density at radius 1 is 1.46 bits per heavy atom. The van der Waals surface area contributed by atoms with E-state index in [0.717, 1.165) is 5.56 Å². The molecule has 1 heterocycles. The highest BCUT2D eigenvalue weighted by atomic mass is 14.6. The Hall–Kier alpha value is -1.44. The van der Waals surface area contributed by atoms with Crippen LogP contribution in [-0.2, 0) is 0 Å². The number of aromatic nitrogens is 1. The van der Waals surface area contributed by atoms with Crippen LogP contribution in [0.2, 0.25) is 0 Å². The van der Waals surface area contributed by atoms with Crippen molar-refractivity contribution in [2.75, 3.05) is 0 Å². The molecule has 2 nitrogen and oxygen atoms in total. The minimum absolute atomic E-state index is 1.08. The van der Waals surface area contributed by atoms with Crippen molar-refractivity contribution in [1.82, 2.24) is 4.98 Å². The molecule has 0 saturated carbocycles. The van der Waals surface area contributed by atoms with Crippen LogP contribution in [0.25, 0.3) is 6.08 Å². The maximum atomic E-state index is 3.99. The van der Waals surface area contributed by atoms with Crippen molar-refractivity contribution in [3.63, 3.8) is 0 Å². The summed E-state index contributed by atoms with van der Waals surface area (Å²) in [6.07, 6.45) is 7.12. The zero-order valence-corrected chi connectivity index (χ0v) is 8.49. The summed E-state index contributed by atoms with van der Waals surface area (Å²) in [5, 5.41) is 0. The Morgan fingerprint density at radius 3 is 2.69 bits per heavy atom. The summed E-state index contributed by atoms with van der Waals surface area (Å²) in [5.41, 5.74) is 2.28. The van der Waals surface area contributed by atoms with Crippen molar-refractivity contribution < 1.29 is 0 Å². The number of aryl methyl sites for hydroxylation is 1. The van der Waals surface area contributed by atoms with Crippen LogP contribution in [0.15, 0.2) is 29.7 Å². The number of hydrogen-bond donors (Lipinski definition) is 0. The average molecular weight is 176 g/mol. The van der Waals surface area contributed by atoms with Gasteiger partial charge in [0.25, 0.3) is 0 Å². The normalized spacial score (nSPS) is 9.15. The minimum Gasteiger partial charge on any atom is -0.272 e. The maximum absolute atomic E-state index is 3.99. The van der Waals surface area contributed by atoms with E-state index in [-0.39, 0.29) is 0 Å². The molecule has 0 unspecified atom stereocenters. The Balaban J connectivity index is 0.000000671. The van der Waals surface area contributed by atoms with Crippen molar-refractivity contribution in [3.8, 4) is 0 Å². The van der Waals surface area contributed by atoms with Gasteiger partial charge in [-0.1, -0.05) is 13.8 Å². The third-order valence-corrected chi connectivity index (χ3v) is 1.44. The third-order valence-electron chi connectivity index (χ3n) is 1.44. The van der Waals surface area contributed by atoms with Gasteiger partial charge in [0.1, 0.15) is 0 Å². The van der Waals surface area contributed by atoms with Crippen LogP contribution >= 0.6 is 0 Å². The molecule has 0 aliphatic heterocycles. The van der Waals surface area contributed by atoms with Gasteiger partial charge in [-0.15, -0.1) is 0 Å². The fraction of sp³-hybridized carbons (Fsp3) is 0.273. The summed E-state index contributed by atoms with van der Waals surface area (Å²) < 4.78 is 0. The van der Waals surface area contributed by atoms with E-state index in [4.69, 9.17) is 0 Å². The molecule has 0 atom stereocenters. The lowest BCUT2D eigenvalue weighted by atomic mass is 10.2. The van der Waals surface area contributed by atoms with Crippen molar-refractivity contribution >= 4 is 12.8 Å². The van der Waals surface area contributed by atoms with Crippen LogP contribution in [0, 0.1) is 6.92 Å². The Bertz CT molecular complexity index is 277. The summed E-state index contributed by atoms with van der Waals surface area (Å²) >= 11 is 0. The number of rotatable bonds is 2. The van der Waals surface area contributed by atoms with Gasteiger partial charge in [-0.3, -0.25) is 9.98 Å². The van der Waals surface area contributed by atoms with E-state index in [1.807, 2.05) is 32.9 Å². The molecule has 70 valence electrons. The zero-order valence-electron chi connectivity index (χ0n) is 8.49. The second-order valence-corrected chi connectivity index (χ2v) is 2.23. The summed E-state index contributed by atoms with van der Waals surface area (Å²) in [6, 6.07) is 1.96. The number of hydrogen-bond acceptors (Lipinski definition) is 2. The zero-order chi connectivity index (χ0) is 10.1. The van der Waals surface area contributed by atoms with Gasteiger partial charge in [-0.05, 0) is 36.9 Å². The van der Waals surface area contributed by atoms with E-state index in [0.29, 0.717) is 0 Å². The predicted molar refractivity (Wildman–Crippen MR) is 58.9 cm³/mol. The van der Waals surface area contributed by atoms with E-state index < -0.39 is 0 Å². The van der Waals surface area contributed by atoms with Gasteiger partial charge < -0.3 is 0 Å². The summed E-state index contributed by atoms with van der Waals surface area (Å²) in [6.45, 7) is 9.38. The molecule has 2 heteroatoms. The first-order chi connectivity index (χ1) is 6.34. The van der Waals surface area contributed by atoms with E-state index in [2.05, 4.69) is 16.7 Å². The van der Waals surface area contributed by atoms with E-state index in [9.17, 15) is 0 Å². The van der Waals surface area contributed by atoms with Gasteiger partial charge in [0.2, 0.25) is 0 Å². The molecule has 1 aromatic heterocycles. The lowest BCUT2D eigenvalue weighted by Crippen LogP contribution is -1.80. The van der Waals surface area contributed by atoms with Crippen LogP contribution in [-0.4, -0.2) is 11.7 Å². The predicted octanol–water partition coefficient (Wildman–Crippen LogP) is 3.09. The second kappa shape index (κ2) is 7.22. The Kier molecular flexibility index (Phi) is 6.42. The van der Waals surface area contributed by atoms with Crippen LogP contribution in [0.1, 0.15) is 25.0 Å². The molecule has 0 N–H and O–H groups in total. The number of pyridine rings is 1. The number of aliphatic imine (C=N–C) groups is 1. The average Bonchev–Trinajstić information content (AvgIpc) is 2.20. The molecule has 0 fully saturated rings. The van der Waals surface area contributed by atoms with Crippen LogP contribution < -0.4 is 0 Å². The van der Waals surface area contributed by atoms with Gasteiger partial charge in [0, 0.05) is 18.6 Å². The first kappa shape index (κ1) is 11.6. The standard InChI is InChI=1S/C9H10N2.C2H6/c1-8-3-6-11-7-9(8)4-5-10-2;1-2/h3-7H,2H2,1H3;1-2H3/b5-4-;. The fourth-order valence-corrected chi connectivity index (χ4v) is 0.784. The topological polar surface area (TPSA) is 25.2 Å². The molecule has 0 spiro atoms. The quantitative estimate of drug-likeness (QED) is 0.636. The smallest absolute Gasteiger partial charge is 0.0343 e. The van der Waals surface area contributed by atoms with Gasteiger partial charge in [0.15, 0.2) is 0 Å². The molecule has 1 rings (SSSR count). The van der Waals surface area contributed by atoms with E-state index in [1.54, 1.807) is 18.6 Å². The number of nitrogens with zero attached hydrogens (tertiary/aromatic N) is 2. The molecule has 0 bridgehead atoms. The SMILES string of the molecule is C=N/C=C\c1cnccc1C.CC. The summed E-state index contributed by atoms with van der Waals surface area (Å²) in [7, 11) is 0. The van der Waals surface area contributed by atoms with Crippen molar-refractivity contribution in [3.05, 3.63) is 35.8 Å². The van der Waals surface area contributed by atoms with Crippen LogP contribution in [0.4, 0.5) is 0 Å². The van der Waals surface area contributed by atoms with Crippen molar-refractivity contribution in [1.29, 1.82) is 0 Å². The Labute approximate surface area is 80.1 Å². The van der Waals surface area contributed by atoms with E-state index >= 15 is 0 Å². The molecule has 0 aliphatic carbocycles. The van der Waals surface area contributed by atoms with Gasteiger partial charge in [-0.25, -0.2) is 0 Å². The largest absolute Gasteiger partial charge is 0.272 e. The van der Waals surface area contributed by atoms with Crippen LogP contribution in [0.5, 0.6) is 0 Å². The molecule has 0 aromatic carbocycles. The second-order valence-electron chi connectivity index (χ2n) is 2.23. The minimum atomic E-state index is 1.08. The first-order valence-electron chi connectivity index (χ1n) is 4.37. The maximum Gasteiger partial charge on any atom is 0.0343 e. The fourth-order valence-electron chi connectivity index (χ4n) is 0.784. The molecular formula is C11H16N2. The molecular weight excluding hydrogens is 160 g/mol. The molecule has 0 aliphatic rings. The lowest BCUT2D eigenvalue weighted by molar-refractivity contribution is 1.27. The van der Waals surface area contributed by atoms with Crippen molar-refractivity contribution in [2.45, 2.75) is 20.8 Å². The third kappa shape index (κ3) is 4.21. The molecule has 1 aromatic rings. The van der Waals surface area contributed by atoms with E-state index in [1.165, 1.54) is 5.56 Å². The highest BCUT2D eigenvalue weighted by molar-refractivity contribution is 5.52. The molecule has 0 amide bonds.